The zero-order valence-corrected chi connectivity index (χ0v) is 16.2. The monoisotopic (exact) mass is 360 g/mol. The number of nitrogens with zero attached hydrogens (tertiary/aromatic N) is 3. The first-order valence-corrected chi connectivity index (χ1v) is 9.22. The van der Waals surface area contributed by atoms with Gasteiger partial charge in [0, 0.05) is 37.5 Å². The first kappa shape index (κ1) is 17.3. The van der Waals surface area contributed by atoms with Gasteiger partial charge in [0.25, 0.3) is 0 Å². The third-order valence-corrected chi connectivity index (χ3v) is 5.13. The molecule has 2 heterocycles. The lowest BCUT2D eigenvalue weighted by molar-refractivity contribution is 0.621. The molecule has 3 aromatic rings. The Morgan fingerprint density at radius 2 is 1.74 bits per heavy atom. The molecule has 138 valence electrons. The second kappa shape index (κ2) is 6.58. The lowest BCUT2D eigenvalue weighted by Crippen LogP contribution is -2.39. The molecule has 5 heteroatoms. The summed E-state index contributed by atoms with van der Waals surface area (Å²) in [5, 5.41) is 3.41. The van der Waals surface area contributed by atoms with E-state index in [-0.39, 0.29) is 5.69 Å². The number of rotatable bonds is 1. The van der Waals surface area contributed by atoms with Crippen molar-refractivity contribution >= 4 is 11.4 Å². The molecule has 1 aliphatic heterocycles. The number of fused-ring (bicyclic) bond motifs is 3. The highest BCUT2D eigenvalue weighted by molar-refractivity contribution is 5.76. The quantitative estimate of drug-likeness (QED) is 0.723. The smallest absolute Gasteiger partial charge is 0.329 e. The van der Waals surface area contributed by atoms with Gasteiger partial charge in [-0.3, -0.25) is 9.13 Å². The van der Waals surface area contributed by atoms with Gasteiger partial charge in [0.05, 0.1) is 11.4 Å². The van der Waals surface area contributed by atoms with Crippen molar-refractivity contribution in [3.05, 3.63) is 75.1 Å². The second-order valence-electron chi connectivity index (χ2n) is 7.21. The van der Waals surface area contributed by atoms with E-state index in [9.17, 15) is 4.79 Å². The number of para-hydroxylation sites is 1. The number of nitrogens with one attached hydrogen (secondary N) is 1. The molecule has 1 aromatic heterocycles. The van der Waals surface area contributed by atoms with E-state index in [0.29, 0.717) is 12.0 Å². The fourth-order valence-electron chi connectivity index (χ4n) is 3.85. The highest BCUT2D eigenvalue weighted by atomic mass is 16.1. The number of anilines is 1. The molecule has 0 fully saturated rings. The standard InChI is InChI=1S/C22H24N4O/c1-14-11-15(2)21(16(3)12-14)24-20-13-19-17-7-5-6-8-18(17)23-9-10-26(19)22(27)25(20)4/h5-8,11-13,23H,9-10H2,1-4H3. The molecule has 0 radical (unpaired) electrons. The van der Waals surface area contributed by atoms with E-state index in [0.717, 1.165) is 40.3 Å². The number of hydrogen-bond donors (Lipinski definition) is 1. The first-order chi connectivity index (χ1) is 13.0. The van der Waals surface area contributed by atoms with Crippen molar-refractivity contribution < 1.29 is 0 Å². The molecule has 0 saturated carbocycles. The Morgan fingerprint density at radius 1 is 1.04 bits per heavy atom. The Labute approximate surface area is 158 Å². The topological polar surface area (TPSA) is 51.3 Å². The zero-order chi connectivity index (χ0) is 19.1. The summed E-state index contributed by atoms with van der Waals surface area (Å²) in [6.07, 6.45) is 0. The SMILES string of the molecule is Cc1cc(C)c(N=c2cc3n(c(=O)n2C)CCNc2ccccc2-3)c(C)c1. The molecule has 5 nitrogen and oxygen atoms in total. The van der Waals surface area contributed by atoms with Gasteiger partial charge in [-0.1, -0.05) is 35.9 Å². The number of aromatic nitrogens is 2. The molecule has 0 atom stereocenters. The summed E-state index contributed by atoms with van der Waals surface area (Å²) < 4.78 is 3.46. The Balaban J connectivity index is 2.03. The van der Waals surface area contributed by atoms with E-state index >= 15 is 0 Å². The number of hydrogen-bond acceptors (Lipinski definition) is 3. The maximum absolute atomic E-state index is 13.0. The molecule has 2 aromatic carbocycles. The first-order valence-electron chi connectivity index (χ1n) is 9.22. The van der Waals surface area contributed by atoms with Gasteiger partial charge in [-0.15, -0.1) is 0 Å². The Kier molecular flexibility index (Phi) is 4.22. The minimum atomic E-state index is -0.0489. The summed E-state index contributed by atoms with van der Waals surface area (Å²) in [5.41, 5.74) is 7.97. The Hall–Kier alpha value is -3.08. The van der Waals surface area contributed by atoms with Gasteiger partial charge in [0.2, 0.25) is 0 Å². The van der Waals surface area contributed by atoms with Crippen molar-refractivity contribution in [1.29, 1.82) is 0 Å². The van der Waals surface area contributed by atoms with Crippen LogP contribution in [0.1, 0.15) is 16.7 Å². The van der Waals surface area contributed by atoms with Crippen LogP contribution in [-0.2, 0) is 13.6 Å². The summed E-state index contributed by atoms with van der Waals surface area (Å²) in [6, 6.07) is 14.4. The van der Waals surface area contributed by atoms with E-state index in [4.69, 9.17) is 4.99 Å². The van der Waals surface area contributed by atoms with Gasteiger partial charge in [-0.05, 0) is 38.0 Å². The van der Waals surface area contributed by atoms with Gasteiger partial charge in [0.15, 0.2) is 0 Å². The van der Waals surface area contributed by atoms with Crippen molar-refractivity contribution in [3.8, 4) is 11.3 Å². The molecule has 4 rings (SSSR count). The molecule has 0 amide bonds. The molecule has 27 heavy (non-hydrogen) atoms. The van der Waals surface area contributed by atoms with Crippen molar-refractivity contribution in [3.63, 3.8) is 0 Å². The molecule has 0 bridgehead atoms. The van der Waals surface area contributed by atoms with E-state index < -0.39 is 0 Å². The van der Waals surface area contributed by atoms with Crippen LogP contribution in [0.2, 0.25) is 0 Å². The van der Waals surface area contributed by atoms with E-state index in [1.807, 2.05) is 34.9 Å². The summed E-state index contributed by atoms with van der Waals surface area (Å²) >= 11 is 0. The molecule has 0 unspecified atom stereocenters. The summed E-state index contributed by atoms with van der Waals surface area (Å²) in [7, 11) is 1.79. The fraction of sp³-hybridized carbons (Fsp3) is 0.273. The minimum Gasteiger partial charge on any atom is -0.383 e. The molecule has 1 aliphatic rings. The van der Waals surface area contributed by atoms with E-state index in [1.54, 1.807) is 11.6 Å². The third kappa shape index (κ3) is 2.99. The van der Waals surface area contributed by atoms with Gasteiger partial charge in [0.1, 0.15) is 5.49 Å². The number of benzene rings is 2. The molecular formula is C22H24N4O. The van der Waals surface area contributed by atoms with Crippen LogP contribution in [-0.4, -0.2) is 15.7 Å². The molecule has 1 N–H and O–H groups in total. The lowest BCUT2D eigenvalue weighted by atomic mass is 10.1. The van der Waals surface area contributed by atoms with Crippen LogP contribution >= 0.6 is 0 Å². The van der Waals surface area contributed by atoms with Crippen LogP contribution in [0.5, 0.6) is 0 Å². The van der Waals surface area contributed by atoms with Gasteiger partial charge >= 0.3 is 5.69 Å². The van der Waals surface area contributed by atoms with E-state index in [2.05, 4.69) is 38.2 Å². The van der Waals surface area contributed by atoms with Gasteiger partial charge < -0.3 is 5.32 Å². The normalized spacial score (nSPS) is 13.6. The molecular weight excluding hydrogens is 336 g/mol. The maximum atomic E-state index is 13.0. The van der Waals surface area contributed by atoms with Gasteiger partial charge in [-0.2, -0.15) is 0 Å². The Morgan fingerprint density at radius 3 is 2.48 bits per heavy atom. The largest absolute Gasteiger partial charge is 0.383 e. The third-order valence-electron chi connectivity index (χ3n) is 5.13. The molecule has 0 aliphatic carbocycles. The maximum Gasteiger partial charge on any atom is 0.329 e. The Bertz CT molecular complexity index is 1140. The van der Waals surface area contributed by atoms with Crippen molar-refractivity contribution in [2.45, 2.75) is 27.3 Å². The fourth-order valence-corrected chi connectivity index (χ4v) is 3.85. The average Bonchev–Trinajstić information content (AvgIpc) is 2.81. The predicted molar refractivity (Wildman–Crippen MR) is 109 cm³/mol. The van der Waals surface area contributed by atoms with Crippen LogP contribution in [0.15, 0.2) is 52.3 Å². The predicted octanol–water partition coefficient (Wildman–Crippen LogP) is 3.44. The van der Waals surface area contributed by atoms with Crippen LogP contribution in [0.25, 0.3) is 11.3 Å². The highest BCUT2D eigenvalue weighted by Crippen LogP contribution is 2.28. The summed E-state index contributed by atoms with van der Waals surface area (Å²) in [4.78, 5) is 17.9. The van der Waals surface area contributed by atoms with Crippen molar-refractivity contribution in [1.82, 2.24) is 9.13 Å². The lowest BCUT2D eigenvalue weighted by Gasteiger charge is -2.13. The summed E-state index contributed by atoms with van der Waals surface area (Å²) in [5.74, 6) is 0. The number of aryl methyl sites for hydroxylation is 3. The van der Waals surface area contributed by atoms with Crippen molar-refractivity contribution in [2.24, 2.45) is 12.0 Å². The zero-order valence-electron chi connectivity index (χ0n) is 16.2. The molecule has 0 spiro atoms. The van der Waals surface area contributed by atoms with Gasteiger partial charge in [-0.25, -0.2) is 9.79 Å². The van der Waals surface area contributed by atoms with E-state index in [1.165, 1.54) is 5.56 Å². The second-order valence-corrected chi connectivity index (χ2v) is 7.21. The van der Waals surface area contributed by atoms with Crippen LogP contribution < -0.4 is 16.5 Å². The van der Waals surface area contributed by atoms with Crippen molar-refractivity contribution in [2.75, 3.05) is 11.9 Å². The molecule has 0 saturated heterocycles. The van der Waals surface area contributed by atoms with Crippen LogP contribution in [0.4, 0.5) is 11.4 Å². The van der Waals surface area contributed by atoms with Crippen LogP contribution in [0, 0.1) is 20.8 Å². The van der Waals surface area contributed by atoms with Crippen LogP contribution in [0.3, 0.4) is 0 Å². The highest BCUT2D eigenvalue weighted by Gasteiger charge is 2.16. The minimum absolute atomic E-state index is 0.0489. The summed E-state index contributed by atoms with van der Waals surface area (Å²) in [6.45, 7) is 7.56. The average molecular weight is 360 g/mol.